The average Bonchev–Trinajstić information content (AvgIpc) is 3.30. The summed E-state index contributed by atoms with van der Waals surface area (Å²) in [6.45, 7) is 4.17. The van der Waals surface area contributed by atoms with Crippen molar-refractivity contribution in [2.75, 3.05) is 26.2 Å². The lowest BCUT2D eigenvalue weighted by Crippen LogP contribution is -2.57. The first kappa shape index (κ1) is 28.4. The van der Waals surface area contributed by atoms with E-state index >= 15 is 0 Å². The third-order valence-electron chi connectivity index (χ3n) is 8.28. The van der Waals surface area contributed by atoms with Crippen LogP contribution in [-0.2, 0) is 20.9 Å². The Morgan fingerprint density at radius 3 is 2.12 bits per heavy atom. The number of hydrogen-bond acceptors (Lipinski definition) is 5. The summed E-state index contributed by atoms with van der Waals surface area (Å²) in [5.41, 5.74) is 4.97. The van der Waals surface area contributed by atoms with Gasteiger partial charge in [0.2, 0.25) is 5.91 Å². The number of hydrogen-bond donors (Lipinski definition) is 3. The Hall–Kier alpha value is -4.17. The van der Waals surface area contributed by atoms with Crippen molar-refractivity contribution in [1.29, 1.82) is 0 Å². The van der Waals surface area contributed by atoms with E-state index in [-0.39, 0.29) is 31.4 Å². The fourth-order valence-electron chi connectivity index (χ4n) is 5.98. The summed E-state index contributed by atoms with van der Waals surface area (Å²) in [5, 5.41) is 15.3. The van der Waals surface area contributed by atoms with E-state index < -0.39 is 23.5 Å². The van der Waals surface area contributed by atoms with E-state index in [1.165, 1.54) is 5.56 Å². The second-order valence-electron chi connectivity index (χ2n) is 11.2. The maximum absolute atomic E-state index is 13.1. The first-order valence-corrected chi connectivity index (χ1v) is 14.2. The van der Waals surface area contributed by atoms with E-state index in [1.54, 1.807) is 6.92 Å². The third-order valence-corrected chi connectivity index (χ3v) is 8.28. The lowest BCUT2D eigenvalue weighted by atomic mass is 9.83. The molecule has 0 radical (unpaired) electrons. The van der Waals surface area contributed by atoms with E-state index in [4.69, 9.17) is 4.74 Å². The van der Waals surface area contributed by atoms with E-state index in [9.17, 15) is 19.5 Å². The topological polar surface area (TPSA) is 108 Å². The van der Waals surface area contributed by atoms with Crippen molar-refractivity contribution in [3.05, 3.63) is 95.6 Å². The van der Waals surface area contributed by atoms with Crippen LogP contribution in [0.15, 0.2) is 78.9 Å². The second kappa shape index (κ2) is 12.6. The zero-order valence-corrected chi connectivity index (χ0v) is 23.3. The SMILES string of the molecule is CC(CNC(=O)OCC1c2ccccc2-c2ccccc21)C(=O)NC1(CC(=O)O)CCN(Cc2ccccc2)CC1. The number of ether oxygens (including phenoxy) is 1. The summed E-state index contributed by atoms with van der Waals surface area (Å²) in [5.74, 6) is -1.81. The first-order chi connectivity index (χ1) is 19.8. The van der Waals surface area contributed by atoms with Crippen LogP contribution >= 0.6 is 0 Å². The molecular formula is C33H37N3O5. The molecule has 0 spiro atoms. The van der Waals surface area contributed by atoms with Crippen LogP contribution in [0.4, 0.5) is 4.79 Å². The number of likely N-dealkylation sites (tertiary alicyclic amines) is 1. The number of alkyl carbamates (subject to hydrolysis) is 1. The minimum absolute atomic E-state index is 0.0440. The first-order valence-electron chi connectivity index (χ1n) is 14.2. The van der Waals surface area contributed by atoms with Crippen molar-refractivity contribution in [3.63, 3.8) is 0 Å². The van der Waals surface area contributed by atoms with Crippen LogP contribution in [0.5, 0.6) is 0 Å². The van der Waals surface area contributed by atoms with Crippen LogP contribution in [-0.4, -0.2) is 59.8 Å². The maximum atomic E-state index is 13.1. The number of carboxylic acid groups (broad SMARTS) is 1. The Labute approximate surface area is 240 Å². The summed E-state index contributed by atoms with van der Waals surface area (Å²) in [7, 11) is 0. The van der Waals surface area contributed by atoms with Crippen molar-refractivity contribution in [1.82, 2.24) is 15.5 Å². The van der Waals surface area contributed by atoms with Gasteiger partial charge in [-0.25, -0.2) is 4.79 Å². The second-order valence-corrected chi connectivity index (χ2v) is 11.2. The number of piperidine rings is 1. The Balaban J connectivity index is 1.11. The van der Waals surface area contributed by atoms with Gasteiger partial charge in [0, 0.05) is 32.1 Å². The van der Waals surface area contributed by atoms with Gasteiger partial charge in [0.25, 0.3) is 0 Å². The Morgan fingerprint density at radius 1 is 0.927 bits per heavy atom. The molecule has 2 aliphatic rings. The van der Waals surface area contributed by atoms with Crippen molar-refractivity contribution < 1.29 is 24.2 Å². The van der Waals surface area contributed by atoms with Gasteiger partial charge in [0.1, 0.15) is 6.61 Å². The number of aliphatic carboxylic acids is 1. The molecule has 3 aromatic rings. The van der Waals surface area contributed by atoms with Crippen LogP contribution in [0.1, 0.15) is 48.8 Å². The van der Waals surface area contributed by atoms with Crippen LogP contribution in [0.2, 0.25) is 0 Å². The van der Waals surface area contributed by atoms with Gasteiger partial charge in [-0.05, 0) is 40.7 Å². The van der Waals surface area contributed by atoms with Crippen molar-refractivity contribution in [2.45, 2.75) is 44.2 Å². The number of carbonyl (C=O) groups is 3. The molecule has 1 aliphatic carbocycles. The quantitative estimate of drug-likeness (QED) is 0.332. The molecule has 8 heteroatoms. The normalized spacial score (nSPS) is 16.7. The Morgan fingerprint density at radius 2 is 1.51 bits per heavy atom. The number of nitrogens with zero attached hydrogens (tertiary/aromatic N) is 1. The van der Waals surface area contributed by atoms with Crippen LogP contribution in [0.3, 0.4) is 0 Å². The molecule has 41 heavy (non-hydrogen) atoms. The molecular weight excluding hydrogens is 518 g/mol. The van der Waals surface area contributed by atoms with Crippen molar-refractivity contribution in [3.8, 4) is 11.1 Å². The fourth-order valence-corrected chi connectivity index (χ4v) is 5.98. The molecule has 1 unspecified atom stereocenters. The molecule has 1 aliphatic heterocycles. The molecule has 0 bridgehead atoms. The van der Waals surface area contributed by atoms with Gasteiger partial charge in [0.15, 0.2) is 0 Å². The van der Waals surface area contributed by atoms with E-state index in [0.29, 0.717) is 25.9 Å². The van der Waals surface area contributed by atoms with Crippen LogP contribution in [0.25, 0.3) is 11.1 Å². The highest BCUT2D eigenvalue weighted by Crippen LogP contribution is 2.44. The van der Waals surface area contributed by atoms with Gasteiger partial charge >= 0.3 is 12.1 Å². The number of benzene rings is 3. The monoisotopic (exact) mass is 555 g/mol. The van der Waals surface area contributed by atoms with Gasteiger partial charge in [0.05, 0.1) is 17.9 Å². The molecule has 1 heterocycles. The third kappa shape index (κ3) is 6.77. The van der Waals surface area contributed by atoms with Gasteiger partial charge in [-0.1, -0.05) is 85.8 Å². The molecule has 3 N–H and O–H groups in total. The number of carboxylic acids is 1. The average molecular weight is 556 g/mol. The summed E-state index contributed by atoms with van der Waals surface area (Å²) >= 11 is 0. The molecule has 2 amide bonds. The highest BCUT2D eigenvalue weighted by Gasteiger charge is 2.39. The van der Waals surface area contributed by atoms with Crippen molar-refractivity contribution >= 4 is 18.0 Å². The molecule has 0 aromatic heterocycles. The van der Waals surface area contributed by atoms with Crippen molar-refractivity contribution in [2.24, 2.45) is 5.92 Å². The standard InChI is InChI=1S/C33H37N3O5/c1-23(20-34-32(40)41-22-29-27-13-7-5-11-25(27)26-12-6-8-14-28(26)29)31(39)35-33(19-30(37)38)15-17-36(18-16-33)21-24-9-3-2-4-10-24/h2-14,23,29H,15-22H2,1H3,(H,34,40)(H,35,39)(H,37,38). The molecule has 1 saturated heterocycles. The van der Waals surface area contributed by atoms with Crippen LogP contribution < -0.4 is 10.6 Å². The molecule has 214 valence electrons. The van der Waals surface area contributed by atoms with Crippen LogP contribution in [0, 0.1) is 5.92 Å². The maximum Gasteiger partial charge on any atom is 0.407 e. The van der Waals surface area contributed by atoms with Gasteiger partial charge < -0.3 is 20.5 Å². The minimum Gasteiger partial charge on any atom is -0.481 e. The number of nitrogens with one attached hydrogen (secondary N) is 2. The lowest BCUT2D eigenvalue weighted by Gasteiger charge is -2.42. The van der Waals surface area contributed by atoms with E-state index in [1.807, 2.05) is 42.5 Å². The fraction of sp³-hybridized carbons (Fsp3) is 0.364. The van der Waals surface area contributed by atoms with E-state index in [0.717, 1.165) is 28.8 Å². The zero-order valence-electron chi connectivity index (χ0n) is 23.3. The molecule has 1 atom stereocenters. The minimum atomic E-state index is -0.939. The molecule has 1 fully saturated rings. The van der Waals surface area contributed by atoms with Gasteiger partial charge in [-0.2, -0.15) is 0 Å². The zero-order chi connectivity index (χ0) is 28.8. The summed E-state index contributed by atoms with van der Waals surface area (Å²) in [4.78, 5) is 39.7. The number of amides is 2. The summed E-state index contributed by atoms with van der Waals surface area (Å²) in [6, 6.07) is 26.4. The highest BCUT2D eigenvalue weighted by molar-refractivity contribution is 5.81. The summed E-state index contributed by atoms with van der Waals surface area (Å²) in [6.07, 6.45) is 0.375. The smallest absolute Gasteiger partial charge is 0.407 e. The number of fused-ring (bicyclic) bond motifs is 3. The number of carbonyl (C=O) groups excluding carboxylic acids is 2. The molecule has 0 saturated carbocycles. The molecule has 8 nitrogen and oxygen atoms in total. The highest BCUT2D eigenvalue weighted by atomic mass is 16.5. The number of rotatable bonds is 10. The lowest BCUT2D eigenvalue weighted by molar-refractivity contribution is -0.140. The summed E-state index contributed by atoms with van der Waals surface area (Å²) < 4.78 is 5.59. The van der Waals surface area contributed by atoms with E-state index in [2.05, 4.69) is 51.9 Å². The van der Waals surface area contributed by atoms with Gasteiger partial charge in [-0.3, -0.25) is 14.5 Å². The predicted molar refractivity (Wildman–Crippen MR) is 156 cm³/mol. The molecule has 5 rings (SSSR count). The van der Waals surface area contributed by atoms with Gasteiger partial charge in [-0.15, -0.1) is 0 Å². The molecule has 3 aromatic carbocycles. The largest absolute Gasteiger partial charge is 0.481 e. The Kier molecular flexibility index (Phi) is 8.69. The Bertz CT molecular complexity index is 1340. The predicted octanol–water partition coefficient (Wildman–Crippen LogP) is 4.79.